The maximum atomic E-state index is 12.6. The number of nitrogens with one attached hydrogen (secondary N) is 2. The molecule has 26 heavy (non-hydrogen) atoms. The van der Waals surface area contributed by atoms with Crippen LogP contribution in [0.15, 0.2) is 24.7 Å². The van der Waals surface area contributed by atoms with Crippen LogP contribution >= 0.6 is 0 Å². The Morgan fingerprint density at radius 3 is 2.77 bits per heavy atom. The molecule has 2 fully saturated rings. The summed E-state index contributed by atoms with van der Waals surface area (Å²) in [6, 6.07) is 4.32. The number of nitrogens with zero attached hydrogens (tertiary/aromatic N) is 3. The molecule has 2 aliphatic rings. The second-order valence-electron chi connectivity index (χ2n) is 6.97. The molecule has 0 aromatic carbocycles. The second-order valence-corrected chi connectivity index (χ2v) is 6.97. The molecule has 1 aliphatic heterocycles. The summed E-state index contributed by atoms with van der Waals surface area (Å²) in [6.07, 6.45) is 9.69. The fourth-order valence-electron chi connectivity index (χ4n) is 3.65. The molecule has 0 bridgehead atoms. The smallest absolute Gasteiger partial charge is 0.270 e. The normalized spacial score (nSPS) is 18.7. The van der Waals surface area contributed by atoms with Crippen molar-refractivity contribution in [2.75, 3.05) is 31.6 Å². The van der Waals surface area contributed by atoms with E-state index < -0.39 is 0 Å². The highest BCUT2D eigenvalue weighted by Crippen LogP contribution is 2.24. The van der Waals surface area contributed by atoms with Gasteiger partial charge in [-0.15, -0.1) is 0 Å². The van der Waals surface area contributed by atoms with E-state index >= 15 is 0 Å². The molecule has 2 N–H and O–H groups in total. The van der Waals surface area contributed by atoms with Crippen molar-refractivity contribution < 1.29 is 9.53 Å². The number of hydrogen-bond donors (Lipinski definition) is 2. The van der Waals surface area contributed by atoms with E-state index in [9.17, 15) is 4.79 Å². The molecule has 7 heteroatoms. The Morgan fingerprint density at radius 2 is 1.96 bits per heavy atom. The number of amides is 1. The molecule has 7 nitrogen and oxygen atoms in total. The zero-order valence-electron chi connectivity index (χ0n) is 14.9. The fraction of sp³-hybridized carbons (Fsp3) is 0.526. The highest BCUT2D eigenvalue weighted by Gasteiger charge is 2.20. The zero-order valence-corrected chi connectivity index (χ0v) is 14.9. The van der Waals surface area contributed by atoms with E-state index in [0.717, 1.165) is 17.1 Å². The molecular weight excluding hydrogens is 330 g/mol. The SMILES string of the molecule is O=C(c1cc(-c2cc(NC3CCCCC3)ncn2)c[nH]1)N1CCOCC1. The van der Waals surface area contributed by atoms with Crippen LogP contribution in [-0.2, 0) is 4.74 Å². The Bertz CT molecular complexity index is 748. The molecule has 1 amide bonds. The third-order valence-corrected chi connectivity index (χ3v) is 5.13. The van der Waals surface area contributed by atoms with Gasteiger partial charge in [-0.2, -0.15) is 0 Å². The van der Waals surface area contributed by atoms with Gasteiger partial charge in [0, 0.05) is 37.0 Å². The number of ether oxygens (including phenoxy) is 1. The minimum Gasteiger partial charge on any atom is -0.378 e. The van der Waals surface area contributed by atoms with Crippen molar-refractivity contribution in [3.05, 3.63) is 30.4 Å². The lowest BCUT2D eigenvalue weighted by atomic mass is 9.95. The number of aromatic nitrogens is 3. The quantitative estimate of drug-likeness (QED) is 0.881. The van der Waals surface area contributed by atoms with E-state index in [1.807, 2.05) is 23.2 Å². The predicted molar refractivity (Wildman–Crippen MR) is 99.0 cm³/mol. The van der Waals surface area contributed by atoms with E-state index in [1.54, 1.807) is 6.33 Å². The fourth-order valence-corrected chi connectivity index (χ4v) is 3.65. The van der Waals surface area contributed by atoms with Crippen molar-refractivity contribution in [1.82, 2.24) is 19.9 Å². The molecule has 0 atom stereocenters. The number of carbonyl (C=O) groups is 1. The van der Waals surface area contributed by atoms with E-state index in [0.29, 0.717) is 38.0 Å². The molecule has 0 unspecified atom stereocenters. The van der Waals surface area contributed by atoms with Crippen LogP contribution < -0.4 is 5.32 Å². The summed E-state index contributed by atoms with van der Waals surface area (Å²) in [5, 5.41) is 3.52. The first-order valence-corrected chi connectivity index (χ1v) is 9.44. The van der Waals surface area contributed by atoms with Crippen LogP contribution in [0.3, 0.4) is 0 Å². The number of aromatic amines is 1. The molecule has 138 valence electrons. The van der Waals surface area contributed by atoms with Crippen molar-refractivity contribution in [2.45, 2.75) is 38.1 Å². The first kappa shape index (κ1) is 17.0. The summed E-state index contributed by atoms with van der Waals surface area (Å²) >= 11 is 0. The van der Waals surface area contributed by atoms with Crippen LogP contribution in [0.5, 0.6) is 0 Å². The molecule has 1 aliphatic carbocycles. The van der Waals surface area contributed by atoms with Gasteiger partial charge in [0.2, 0.25) is 0 Å². The molecule has 0 radical (unpaired) electrons. The minimum atomic E-state index is 0.00848. The third-order valence-electron chi connectivity index (χ3n) is 5.13. The van der Waals surface area contributed by atoms with Gasteiger partial charge in [-0.1, -0.05) is 19.3 Å². The van der Waals surface area contributed by atoms with E-state index in [2.05, 4.69) is 20.3 Å². The van der Waals surface area contributed by atoms with Gasteiger partial charge in [-0.05, 0) is 18.9 Å². The molecule has 1 saturated heterocycles. The van der Waals surface area contributed by atoms with Crippen LogP contribution in [-0.4, -0.2) is 58.1 Å². The summed E-state index contributed by atoms with van der Waals surface area (Å²) in [6.45, 7) is 2.47. The van der Waals surface area contributed by atoms with Crippen molar-refractivity contribution in [1.29, 1.82) is 0 Å². The van der Waals surface area contributed by atoms with Crippen molar-refractivity contribution in [3.8, 4) is 11.3 Å². The van der Waals surface area contributed by atoms with Crippen LogP contribution in [0.1, 0.15) is 42.6 Å². The molecule has 2 aromatic rings. The van der Waals surface area contributed by atoms with E-state index in [1.165, 1.54) is 32.1 Å². The Kier molecular flexibility index (Phi) is 5.15. The second kappa shape index (κ2) is 7.86. The molecular formula is C19H25N5O2. The van der Waals surface area contributed by atoms with Gasteiger partial charge in [0.05, 0.1) is 18.9 Å². The molecule has 4 rings (SSSR count). The Hall–Kier alpha value is -2.41. The predicted octanol–water partition coefficient (Wildman–Crippen LogP) is 2.69. The lowest BCUT2D eigenvalue weighted by Crippen LogP contribution is -2.40. The standard InChI is InChI=1S/C19H25N5O2/c25-19(24-6-8-26-9-7-24)17-10-14(12-20-17)16-11-18(22-13-21-16)23-15-4-2-1-3-5-15/h10-13,15,20H,1-9H2,(H,21,22,23). The number of H-pyrrole nitrogens is 1. The highest BCUT2D eigenvalue weighted by molar-refractivity contribution is 5.94. The summed E-state index contributed by atoms with van der Waals surface area (Å²) in [4.78, 5) is 26.2. The Morgan fingerprint density at radius 1 is 1.15 bits per heavy atom. The highest BCUT2D eigenvalue weighted by atomic mass is 16.5. The molecule has 3 heterocycles. The minimum absolute atomic E-state index is 0.00848. The number of hydrogen-bond acceptors (Lipinski definition) is 5. The van der Waals surface area contributed by atoms with Gasteiger partial charge < -0.3 is 19.9 Å². The topological polar surface area (TPSA) is 83.1 Å². The van der Waals surface area contributed by atoms with Crippen LogP contribution in [0, 0.1) is 0 Å². The molecule has 0 spiro atoms. The van der Waals surface area contributed by atoms with Crippen molar-refractivity contribution in [2.24, 2.45) is 0 Å². The zero-order chi connectivity index (χ0) is 17.8. The van der Waals surface area contributed by atoms with Crippen LogP contribution in [0.2, 0.25) is 0 Å². The summed E-state index contributed by atoms with van der Waals surface area (Å²) < 4.78 is 5.31. The van der Waals surface area contributed by atoms with Gasteiger partial charge in [0.25, 0.3) is 5.91 Å². The number of anilines is 1. The number of rotatable bonds is 4. The number of carbonyl (C=O) groups excluding carboxylic acids is 1. The average molecular weight is 355 g/mol. The van der Waals surface area contributed by atoms with Crippen LogP contribution in [0.4, 0.5) is 5.82 Å². The summed E-state index contributed by atoms with van der Waals surface area (Å²) in [7, 11) is 0. The van der Waals surface area contributed by atoms with Gasteiger partial charge in [-0.3, -0.25) is 4.79 Å². The Labute approximate surface area is 153 Å². The lowest BCUT2D eigenvalue weighted by molar-refractivity contribution is 0.0299. The maximum Gasteiger partial charge on any atom is 0.270 e. The average Bonchev–Trinajstić information content (AvgIpc) is 3.19. The van der Waals surface area contributed by atoms with Crippen molar-refractivity contribution >= 4 is 11.7 Å². The molecule has 1 saturated carbocycles. The lowest BCUT2D eigenvalue weighted by Gasteiger charge is -2.26. The maximum absolute atomic E-state index is 12.6. The first-order valence-electron chi connectivity index (χ1n) is 9.44. The van der Waals surface area contributed by atoms with Gasteiger partial charge in [0.15, 0.2) is 0 Å². The van der Waals surface area contributed by atoms with Gasteiger partial charge in [0.1, 0.15) is 17.8 Å². The monoisotopic (exact) mass is 355 g/mol. The summed E-state index contributed by atoms with van der Waals surface area (Å²) in [5.41, 5.74) is 2.30. The van der Waals surface area contributed by atoms with Crippen LogP contribution in [0.25, 0.3) is 11.3 Å². The van der Waals surface area contributed by atoms with Crippen molar-refractivity contribution in [3.63, 3.8) is 0 Å². The summed E-state index contributed by atoms with van der Waals surface area (Å²) in [5.74, 6) is 0.860. The van der Waals surface area contributed by atoms with Gasteiger partial charge >= 0.3 is 0 Å². The van der Waals surface area contributed by atoms with Gasteiger partial charge in [-0.25, -0.2) is 9.97 Å². The van der Waals surface area contributed by atoms with E-state index in [4.69, 9.17) is 4.74 Å². The largest absolute Gasteiger partial charge is 0.378 e. The molecule has 2 aromatic heterocycles. The third kappa shape index (κ3) is 3.88. The first-order chi connectivity index (χ1) is 12.8. The Balaban J connectivity index is 1.46. The van der Waals surface area contributed by atoms with E-state index in [-0.39, 0.29) is 5.91 Å². The number of morpholine rings is 1.